The van der Waals surface area contributed by atoms with Crippen LogP contribution in [0.5, 0.6) is 5.75 Å². The van der Waals surface area contributed by atoms with Crippen molar-refractivity contribution in [2.75, 3.05) is 13.7 Å². The van der Waals surface area contributed by atoms with Crippen LogP contribution in [0.25, 0.3) is 0 Å². The van der Waals surface area contributed by atoms with Gasteiger partial charge in [-0.15, -0.1) is 0 Å². The first kappa shape index (κ1) is 8.44. The molecule has 2 rings (SSSR count). The standard InChI is InChI=1S/C9H8F2O2/c1-12-5-2-6(10)9(7(11)3-5)8-4-13-8/h2-3,8H,4H2,1H3/t8-/m1/s1. The van der Waals surface area contributed by atoms with E-state index in [0.717, 1.165) is 12.1 Å². The highest BCUT2D eigenvalue weighted by molar-refractivity contribution is 5.33. The van der Waals surface area contributed by atoms with Gasteiger partial charge in [0.15, 0.2) is 0 Å². The van der Waals surface area contributed by atoms with Crippen LogP contribution >= 0.6 is 0 Å². The van der Waals surface area contributed by atoms with Gasteiger partial charge in [0, 0.05) is 12.1 Å². The van der Waals surface area contributed by atoms with Gasteiger partial charge in [-0.1, -0.05) is 0 Å². The van der Waals surface area contributed by atoms with Gasteiger partial charge in [0.2, 0.25) is 0 Å². The molecule has 1 aromatic carbocycles. The predicted octanol–water partition coefficient (Wildman–Crippen LogP) is 2.04. The van der Waals surface area contributed by atoms with Gasteiger partial charge in [0.05, 0.1) is 19.3 Å². The van der Waals surface area contributed by atoms with Crippen molar-refractivity contribution >= 4 is 0 Å². The highest BCUT2D eigenvalue weighted by atomic mass is 19.1. The molecule has 0 aromatic heterocycles. The third-order valence-corrected chi connectivity index (χ3v) is 1.94. The molecule has 2 nitrogen and oxygen atoms in total. The summed E-state index contributed by atoms with van der Waals surface area (Å²) in [6, 6.07) is 2.31. The summed E-state index contributed by atoms with van der Waals surface area (Å²) in [5.41, 5.74) is 0.000741. The number of hydrogen-bond acceptors (Lipinski definition) is 2. The molecule has 70 valence electrons. The SMILES string of the molecule is COc1cc(F)c([C@H]2CO2)c(F)c1. The van der Waals surface area contributed by atoms with Crippen LogP contribution in [0.2, 0.25) is 0 Å². The summed E-state index contributed by atoms with van der Waals surface area (Å²) in [4.78, 5) is 0. The van der Waals surface area contributed by atoms with E-state index in [9.17, 15) is 8.78 Å². The van der Waals surface area contributed by atoms with Gasteiger partial charge in [-0.3, -0.25) is 0 Å². The Bertz CT molecular complexity index is 311. The van der Waals surface area contributed by atoms with Crippen LogP contribution < -0.4 is 4.74 Å². The summed E-state index contributed by atoms with van der Waals surface area (Å²) >= 11 is 0. The van der Waals surface area contributed by atoms with Crippen LogP contribution in [0, 0.1) is 11.6 Å². The first-order valence-electron chi connectivity index (χ1n) is 3.87. The van der Waals surface area contributed by atoms with Gasteiger partial charge >= 0.3 is 0 Å². The Hall–Kier alpha value is -1.16. The molecule has 0 unspecified atom stereocenters. The Kier molecular flexibility index (Phi) is 1.92. The number of halogens is 2. The maximum atomic E-state index is 13.2. The molecule has 1 aliphatic rings. The van der Waals surface area contributed by atoms with Crippen molar-refractivity contribution in [2.45, 2.75) is 6.10 Å². The van der Waals surface area contributed by atoms with Crippen molar-refractivity contribution in [1.82, 2.24) is 0 Å². The van der Waals surface area contributed by atoms with Crippen molar-refractivity contribution in [3.05, 3.63) is 29.3 Å². The predicted molar refractivity (Wildman–Crippen MR) is 41.6 cm³/mol. The molecular formula is C9H8F2O2. The van der Waals surface area contributed by atoms with Crippen LogP contribution in [0.15, 0.2) is 12.1 Å². The summed E-state index contributed by atoms with van der Waals surface area (Å²) in [5.74, 6) is -1.04. The summed E-state index contributed by atoms with van der Waals surface area (Å²) < 4.78 is 35.9. The Morgan fingerprint density at radius 3 is 2.31 bits per heavy atom. The fourth-order valence-corrected chi connectivity index (χ4v) is 1.20. The minimum atomic E-state index is -0.612. The summed E-state index contributed by atoms with van der Waals surface area (Å²) in [5, 5.41) is 0. The molecule has 1 aliphatic heterocycles. The quantitative estimate of drug-likeness (QED) is 0.659. The molecule has 0 spiro atoms. The van der Waals surface area contributed by atoms with E-state index in [0.29, 0.717) is 6.61 Å². The van der Waals surface area contributed by atoms with Crippen molar-refractivity contribution in [3.8, 4) is 5.75 Å². The molecule has 1 atom stereocenters. The summed E-state index contributed by atoms with van der Waals surface area (Å²) in [6.45, 7) is 0.389. The second-order valence-electron chi connectivity index (χ2n) is 2.83. The van der Waals surface area contributed by atoms with E-state index in [-0.39, 0.29) is 11.3 Å². The van der Waals surface area contributed by atoms with Crippen molar-refractivity contribution in [3.63, 3.8) is 0 Å². The van der Waals surface area contributed by atoms with Gasteiger partial charge in [0.25, 0.3) is 0 Å². The molecular weight excluding hydrogens is 178 g/mol. The van der Waals surface area contributed by atoms with Gasteiger partial charge < -0.3 is 9.47 Å². The number of ether oxygens (including phenoxy) is 2. The molecule has 0 aliphatic carbocycles. The number of benzene rings is 1. The number of rotatable bonds is 2. The molecule has 0 N–H and O–H groups in total. The molecule has 1 saturated heterocycles. The number of epoxide rings is 1. The molecule has 0 radical (unpaired) electrons. The average Bonchev–Trinajstić information content (AvgIpc) is 2.87. The summed E-state index contributed by atoms with van der Waals surface area (Å²) in [7, 11) is 1.36. The van der Waals surface area contributed by atoms with Crippen molar-refractivity contribution in [2.24, 2.45) is 0 Å². The van der Waals surface area contributed by atoms with Crippen molar-refractivity contribution in [1.29, 1.82) is 0 Å². The van der Waals surface area contributed by atoms with E-state index >= 15 is 0 Å². The molecule has 13 heavy (non-hydrogen) atoms. The molecule has 1 fully saturated rings. The highest BCUT2D eigenvalue weighted by Gasteiger charge is 2.31. The van der Waals surface area contributed by atoms with Crippen LogP contribution in [-0.2, 0) is 4.74 Å². The first-order chi connectivity index (χ1) is 6.22. The molecule has 0 saturated carbocycles. The zero-order valence-corrected chi connectivity index (χ0v) is 7.01. The Balaban J connectivity index is 2.44. The third kappa shape index (κ3) is 1.49. The van der Waals surface area contributed by atoms with E-state index in [1.807, 2.05) is 0 Å². The van der Waals surface area contributed by atoms with E-state index in [1.54, 1.807) is 0 Å². The molecule has 1 heterocycles. The van der Waals surface area contributed by atoms with Crippen LogP contribution in [0.4, 0.5) is 8.78 Å². The average molecular weight is 186 g/mol. The lowest BCUT2D eigenvalue weighted by Gasteiger charge is -2.04. The third-order valence-electron chi connectivity index (χ3n) is 1.94. The Labute approximate surface area is 74.1 Å². The van der Waals surface area contributed by atoms with Gasteiger partial charge in [-0.25, -0.2) is 8.78 Å². The lowest BCUT2D eigenvalue weighted by molar-refractivity contribution is 0.386. The van der Waals surface area contributed by atoms with E-state index in [2.05, 4.69) is 0 Å². The zero-order valence-electron chi connectivity index (χ0n) is 7.01. The zero-order chi connectivity index (χ0) is 9.42. The maximum absolute atomic E-state index is 13.2. The van der Waals surface area contributed by atoms with Gasteiger partial charge in [-0.05, 0) is 0 Å². The lowest BCUT2D eigenvalue weighted by atomic mass is 10.1. The van der Waals surface area contributed by atoms with Gasteiger partial charge in [-0.2, -0.15) is 0 Å². The normalized spacial score (nSPS) is 20.1. The highest BCUT2D eigenvalue weighted by Crippen LogP contribution is 2.35. The molecule has 1 aromatic rings. The summed E-state index contributed by atoms with van der Waals surface area (Å²) in [6.07, 6.45) is -0.411. The monoisotopic (exact) mass is 186 g/mol. The lowest BCUT2D eigenvalue weighted by Crippen LogP contribution is -1.95. The smallest absolute Gasteiger partial charge is 0.135 e. The van der Waals surface area contributed by atoms with Gasteiger partial charge in [0.1, 0.15) is 23.5 Å². The minimum Gasteiger partial charge on any atom is -0.497 e. The fourth-order valence-electron chi connectivity index (χ4n) is 1.20. The van der Waals surface area contributed by atoms with Crippen LogP contribution in [0.1, 0.15) is 11.7 Å². The second-order valence-corrected chi connectivity index (χ2v) is 2.83. The minimum absolute atomic E-state index is 0.000741. The Morgan fingerprint density at radius 2 is 1.92 bits per heavy atom. The van der Waals surface area contributed by atoms with E-state index in [4.69, 9.17) is 9.47 Å². The molecule has 0 amide bonds. The maximum Gasteiger partial charge on any atom is 0.135 e. The molecule has 4 heteroatoms. The number of methoxy groups -OCH3 is 1. The van der Waals surface area contributed by atoms with Crippen molar-refractivity contribution < 1.29 is 18.3 Å². The van der Waals surface area contributed by atoms with Crippen LogP contribution in [0.3, 0.4) is 0 Å². The first-order valence-corrected chi connectivity index (χ1v) is 3.87. The molecule has 0 bridgehead atoms. The number of hydrogen-bond donors (Lipinski definition) is 0. The fraction of sp³-hybridized carbons (Fsp3) is 0.333. The van der Waals surface area contributed by atoms with E-state index < -0.39 is 17.7 Å². The second kappa shape index (κ2) is 2.96. The largest absolute Gasteiger partial charge is 0.497 e. The van der Waals surface area contributed by atoms with E-state index in [1.165, 1.54) is 7.11 Å². The Morgan fingerprint density at radius 1 is 1.38 bits per heavy atom. The topological polar surface area (TPSA) is 21.8 Å². The van der Waals surface area contributed by atoms with Crippen LogP contribution in [-0.4, -0.2) is 13.7 Å².